The van der Waals surface area contributed by atoms with E-state index in [2.05, 4.69) is 13.2 Å². The second-order valence-electron chi connectivity index (χ2n) is 7.42. The summed E-state index contributed by atoms with van der Waals surface area (Å²) in [5.74, 6) is -0.960. The molecule has 2 amide bonds. The van der Waals surface area contributed by atoms with Gasteiger partial charge in [0, 0.05) is 18.1 Å². The zero-order valence-corrected chi connectivity index (χ0v) is 17.2. The lowest BCUT2D eigenvalue weighted by Gasteiger charge is -2.26. The Hall–Kier alpha value is -2.48. The average Bonchev–Trinajstić information content (AvgIpc) is 3.21. The maximum atomic E-state index is 11.6. The lowest BCUT2D eigenvalue weighted by Crippen LogP contribution is -2.43. The molecule has 8 nitrogen and oxygen atoms in total. The number of carboxylic acid groups (broad SMARTS) is 2. The molecule has 0 bridgehead atoms. The van der Waals surface area contributed by atoms with Crippen LogP contribution in [0.25, 0.3) is 0 Å². The summed E-state index contributed by atoms with van der Waals surface area (Å²) >= 11 is 5.71. The van der Waals surface area contributed by atoms with Crippen LogP contribution >= 0.6 is 11.6 Å². The van der Waals surface area contributed by atoms with Gasteiger partial charge in [-0.2, -0.15) is 0 Å². The van der Waals surface area contributed by atoms with Crippen LogP contribution in [0.5, 0.6) is 0 Å². The number of rotatable bonds is 3. The van der Waals surface area contributed by atoms with Gasteiger partial charge in [0.15, 0.2) is 0 Å². The van der Waals surface area contributed by atoms with Gasteiger partial charge < -0.3 is 14.9 Å². The van der Waals surface area contributed by atoms with E-state index in [0.29, 0.717) is 31.1 Å². The molecule has 2 aliphatic heterocycles. The molecule has 1 atom stereocenters. The summed E-state index contributed by atoms with van der Waals surface area (Å²) in [5.41, 5.74) is 1.02. The number of likely N-dealkylation sites (tertiary alicyclic amines) is 1. The first-order valence-electron chi connectivity index (χ1n) is 8.77. The summed E-state index contributed by atoms with van der Waals surface area (Å²) in [7, 11) is 0. The van der Waals surface area contributed by atoms with E-state index in [9.17, 15) is 14.4 Å². The highest BCUT2D eigenvalue weighted by atomic mass is 35.5. The van der Waals surface area contributed by atoms with Crippen molar-refractivity contribution < 1.29 is 29.3 Å². The summed E-state index contributed by atoms with van der Waals surface area (Å²) in [6.07, 6.45) is 1.36. The molecule has 0 saturated carbocycles. The first-order chi connectivity index (χ1) is 12.9. The Bertz CT molecular complexity index is 695. The number of hydrogen-bond acceptors (Lipinski definition) is 4. The van der Waals surface area contributed by atoms with Crippen molar-refractivity contribution in [2.24, 2.45) is 0 Å². The van der Waals surface area contributed by atoms with Crippen LogP contribution in [-0.4, -0.2) is 69.4 Å². The Labute approximate surface area is 169 Å². The van der Waals surface area contributed by atoms with Gasteiger partial charge in [-0.05, 0) is 44.8 Å². The molecule has 28 heavy (non-hydrogen) atoms. The second kappa shape index (κ2) is 9.64. The molecule has 156 valence electrons. The Morgan fingerprint density at radius 3 is 2.25 bits per heavy atom. The summed E-state index contributed by atoms with van der Waals surface area (Å²) < 4.78 is 5.13. The molecule has 0 spiro atoms. The number of amides is 2. The zero-order valence-electron chi connectivity index (χ0n) is 16.4. The lowest BCUT2D eigenvalue weighted by molar-refractivity contribution is -0.142. The molecular weight excluding hydrogens is 388 g/mol. The Morgan fingerprint density at radius 1 is 1.25 bits per heavy atom. The Morgan fingerprint density at radius 2 is 1.86 bits per heavy atom. The van der Waals surface area contributed by atoms with Crippen LogP contribution in [0.2, 0.25) is 0 Å². The van der Waals surface area contributed by atoms with Crippen LogP contribution in [0.1, 0.15) is 33.6 Å². The molecule has 2 aliphatic rings. The smallest absolute Gasteiger partial charge is 0.411 e. The van der Waals surface area contributed by atoms with Crippen LogP contribution in [0.3, 0.4) is 0 Å². The normalized spacial score (nSPS) is 19.1. The third kappa shape index (κ3) is 6.60. The van der Waals surface area contributed by atoms with Crippen molar-refractivity contribution in [2.75, 3.05) is 19.6 Å². The summed E-state index contributed by atoms with van der Waals surface area (Å²) in [4.78, 5) is 35.6. The molecule has 9 heteroatoms. The van der Waals surface area contributed by atoms with Gasteiger partial charge in [-0.3, -0.25) is 9.80 Å². The summed E-state index contributed by atoms with van der Waals surface area (Å²) in [6, 6.07) is -0.722. The number of halogens is 1. The predicted molar refractivity (Wildman–Crippen MR) is 105 cm³/mol. The third-order valence-corrected chi connectivity index (χ3v) is 4.34. The van der Waals surface area contributed by atoms with Crippen LogP contribution in [0, 0.1) is 0 Å². The third-order valence-electron chi connectivity index (χ3n) is 4.11. The van der Waals surface area contributed by atoms with Crippen molar-refractivity contribution in [3.8, 4) is 0 Å². The van der Waals surface area contributed by atoms with Crippen molar-refractivity contribution in [3.63, 3.8) is 0 Å². The van der Waals surface area contributed by atoms with Gasteiger partial charge in [-0.1, -0.05) is 30.8 Å². The number of ether oxygens (including phenoxy) is 1. The number of carboxylic acids is 1. The van der Waals surface area contributed by atoms with Crippen LogP contribution in [0.4, 0.5) is 9.59 Å². The Balaban J connectivity index is 0.000000283. The molecule has 2 N–H and O–H groups in total. The van der Waals surface area contributed by atoms with Gasteiger partial charge in [0.25, 0.3) is 0 Å². The van der Waals surface area contributed by atoms with Crippen LogP contribution in [0.15, 0.2) is 35.4 Å². The van der Waals surface area contributed by atoms with Gasteiger partial charge in [0.1, 0.15) is 11.6 Å². The maximum Gasteiger partial charge on any atom is 0.411 e. The van der Waals surface area contributed by atoms with E-state index in [1.54, 1.807) is 26.8 Å². The largest absolute Gasteiger partial charge is 0.480 e. The van der Waals surface area contributed by atoms with Gasteiger partial charge in [-0.25, -0.2) is 14.4 Å². The fourth-order valence-corrected chi connectivity index (χ4v) is 2.98. The minimum Gasteiger partial charge on any atom is -0.480 e. The lowest BCUT2D eigenvalue weighted by atomic mass is 10.1. The number of nitrogens with zero attached hydrogens (tertiary/aromatic N) is 2. The quantitative estimate of drug-likeness (QED) is 0.729. The molecule has 0 radical (unpaired) electrons. The molecule has 2 heterocycles. The number of aliphatic carboxylic acids is 1. The molecule has 1 fully saturated rings. The fraction of sp³-hybridized carbons (Fsp3) is 0.526. The number of hydrogen-bond donors (Lipinski definition) is 2. The standard InChI is InChI=1S/C10H17NO4.C9H10ClNO2/c1-10(2,3)15-9(14)11-6-4-5-7(11)8(12)13;1-3-7-4-11(9(12)13)5-8(7)6(2)10/h7H,4-6H2,1-3H3,(H,12,13);3H,1-2,4-5H2,(H,12,13). The molecule has 1 saturated heterocycles. The van der Waals surface area contributed by atoms with Gasteiger partial charge >= 0.3 is 18.2 Å². The molecule has 0 aromatic rings. The molecule has 0 aromatic carbocycles. The maximum absolute atomic E-state index is 11.6. The first kappa shape index (κ1) is 23.6. The minimum absolute atomic E-state index is 0.305. The van der Waals surface area contributed by atoms with E-state index in [-0.39, 0.29) is 0 Å². The van der Waals surface area contributed by atoms with E-state index in [1.807, 2.05) is 0 Å². The van der Waals surface area contributed by atoms with Gasteiger partial charge in [0.2, 0.25) is 0 Å². The highest BCUT2D eigenvalue weighted by molar-refractivity contribution is 6.31. The van der Waals surface area contributed by atoms with Crippen molar-refractivity contribution in [1.29, 1.82) is 0 Å². The highest BCUT2D eigenvalue weighted by Gasteiger charge is 2.36. The molecular formula is C19H27ClN2O6. The predicted octanol–water partition coefficient (Wildman–Crippen LogP) is 3.69. The van der Waals surface area contributed by atoms with Crippen molar-refractivity contribution in [1.82, 2.24) is 9.80 Å². The van der Waals surface area contributed by atoms with Gasteiger partial charge in [-0.15, -0.1) is 0 Å². The van der Waals surface area contributed by atoms with E-state index in [1.165, 1.54) is 9.80 Å². The van der Waals surface area contributed by atoms with E-state index in [4.69, 9.17) is 26.6 Å². The summed E-state index contributed by atoms with van der Waals surface area (Å²) in [5, 5.41) is 18.0. The van der Waals surface area contributed by atoms with E-state index in [0.717, 1.165) is 17.6 Å². The van der Waals surface area contributed by atoms with Crippen LogP contribution < -0.4 is 0 Å². The average molecular weight is 415 g/mol. The van der Waals surface area contributed by atoms with Crippen molar-refractivity contribution in [3.05, 3.63) is 35.4 Å². The van der Waals surface area contributed by atoms with Crippen LogP contribution in [-0.2, 0) is 9.53 Å². The molecule has 2 rings (SSSR count). The minimum atomic E-state index is -0.960. The monoisotopic (exact) mass is 414 g/mol. The Kier molecular flexibility index (Phi) is 8.11. The molecule has 1 unspecified atom stereocenters. The van der Waals surface area contributed by atoms with E-state index < -0.39 is 29.8 Å². The number of carbonyl (C=O) groups excluding carboxylic acids is 1. The SMILES string of the molecule is C=CC1=C(C(=C)Cl)CN(C(=O)O)C1.CC(C)(C)OC(=O)N1CCCC1C(=O)O. The molecule has 0 aliphatic carbocycles. The van der Waals surface area contributed by atoms with Crippen molar-refractivity contribution in [2.45, 2.75) is 45.3 Å². The van der Waals surface area contributed by atoms with Crippen molar-refractivity contribution >= 4 is 29.8 Å². The summed E-state index contributed by atoms with van der Waals surface area (Å²) in [6.45, 7) is 13.6. The molecule has 0 aromatic heterocycles. The first-order valence-corrected chi connectivity index (χ1v) is 9.14. The highest BCUT2D eigenvalue weighted by Crippen LogP contribution is 2.25. The second-order valence-corrected chi connectivity index (χ2v) is 7.88. The van der Waals surface area contributed by atoms with E-state index >= 15 is 0 Å². The fourth-order valence-electron chi connectivity index (χ4n) is 2.79. The number of carbonyl (C=O) groups is 3. The zero-order chi connectivity index (χ0) is 21.6. The van der Waals surface area contributed by atoms with Gasteiger partial charge in [0.05, 0.1) is 6.54 Å². The topological polar surface area (TPSA) is 107 Å².